The molecule has 132 valence electrons. The first-order valence-electron chi connectivity index (χ1n) is 7.76. The third kappa shape index (κ3) is 3.72. The van der Waals surface area contributed by atoms with Gasteiger partial charge in [0.25, 0.3) is 11.5 Å². The molecule has 0 fully saturated rings. The number of nitrogens with one attached hydrogen (secondary N) is 2. The normalized spacial score (nSPS) is 11.6. The predicted molar refractivity (Wildman–Crippen MR) is 92.6 cm³/mol. The Balaban J connectivity index is 1.86. The summed E-state index contributed by atoms with van der Waals surface area (Å²) >= 11 is 0. The van der Waals surface area contributed by atoms with Gasteiger partial charge in [0.2, 0.25) is 5.88 Å². The number of aromatic nitrogens is 5. The number of carbonyl (C=O) groups is 1. The van der Waals surface area contributed by atoms with Crippen molar-refractivity contribution in [3.8, 4) is 17.3 Å². The Hall–Kier alpha value is -3.62. The van der Waals surface area contributed by atoms with Crippen LogP contribution >= 0.6 is 0 Å². The molecular weight excluding hydrogens is 336 g/mol. The Bertz CT molecular complexity index is 973. The molecule has 0 aliphatic heterocycles. The first kappa shape index (κ1) is 17.2. The minimum absolute atomic E-state index is 0.216. The topological polar surface area (TPSA) is 123 Å². The summed E-state index contributed by atoms with van der Waals surface area (Å²) in [5, 5.41) is 2.77. The van der Waals surface area contributed by atoms with Crippen molar-refractivity contribution in [3.05, 3.63) is 64.7 Å². The molecule has 0 spiro atoms. The third-order valence-corrected chi connectivity index (χ3v) is 3.57. The average Bonchev–Trinajstić information content (AvgIpc) is 2.68. The van der Waals surface area contributed by atoms with E-state index in [1.807, 2.05) is 0 Å². The first-order chi connectivity index (χ1) is 12.6. The number of aromatic amines is 1. The van der Waals surface area contributed by atoms with E-state index in [-0.39, 0.29) is 17.0 Å². The number of hydrogen-bond donors (Lipinski definition) is 2. The Labute approximate surface area is 148 Å². The molecule has 0 radical (unpaired) electrons. The molecule has 3 aromatic rings. The van der Waals surface area contributed by atoms with E-state index in [4.69, 9.17) is 4.74 Å². The maximum atomic E-state index is 12.5. The molecule has 0 saturated heterocycles. The first-order valence-corrected chi connectivity index (χ1v) is 7.76. The molecule has 0 saturated carbocycles. The number of amides is 1. The van der Waals surface area contributed by atoms with Crippen LogP contribution < -0.4 is 15.6 Å². The van der Waals surface area contributed by atoms with Gasteiger partial charge < -0.3 is 15.0 Å². The van der Waals surface area contributed by atoms with Crippen molar-refractivity contribution in [2.75, 3.05) is 7.11 Å². The third-order valence-electron chi connectivity index (χ3n) is 3.57. The summed E-state index contributed by atoms with van der Waals surface area (Å²) in [4.78, 5) is 43.4. The molecule has 3 aromatic heterocycles. The number of nitrogens with zero attached hydrogens (tertiary/aromatic N) is 4. The highest BCUT2D eigenvalue weighted by Gasteiger charge is 2.18. The van der Waals surface area contributed by atoms with Crippen molar-refractivity contribution >= 4 is 5.91 Å². The molecule has 0 aliphatic carbocycles. The Morgan fingerprint density at radius 2 is 2.08 bits per heavy atom. The Kier molecular flexibility index (Phi) is 4.97. The minimum atomic E-state index is -0.554. The van der Waals surface area contributed by atoms with Crippen molar-refractivity contribution in [1.29, 1.82) is 0 Å². The lowest BCUT2D eigenvalue weighted by Crippen LogP contribution is -2.29. The van der Waals surface area contributed by atoms with E-state index in [1.165, 1.54) is 25.7 Å². The molecule has 1 atom stereocenters. The summed E-state index contributed by atoms with van der Waals surface area (Å²) in [6, 6.07) is 5.67. The van der Waals surface area contributed by atoms with Crippen LogP contribution in [0, 0.1) is 0 Å². The summed E-state index contributed by atoms with van der Waals surface area (Å²) in [5.74, 6) is 0.133. The molecular formula is C17H16N6O3. The predicted octanol–water partition coefficient (Wildman–Crippen LogP) is 1.12. The monoisotopic (exact) mass is 352 g/mol. The summed E-state index contributed by atoms with van der Waals surface area (Å²) in [5.41, 5.74) is 0.853. The number of pyridine rings is 1. The van der Waals surface area contributed by atoms with Crippen LogP contribution in [0.3, 0.4) is 0 Å². The number of ether oxygens (including phenoxy) is 1. The van der Waals surface area contributed by atoms with Gasteiger partial charge in [-0.25, -0.2) is 19.9 Å². The van der Waals surface area contributed by atoms with E-state index in [0.29, 0.717) is 17.2 Å². The maximum Gasteiger partial charge on any atom is 0.257 e. The molecule has 26 heavy (non-hydrogen) atoms. The smallest absolute Gasteiger partial charge is 0.257 e. The Morgan fingerprint density at radius 3 is 2.81 bits per heavy atom. The van der Waals surface area contributed by atoms with Gasteiger partial charge in [-0.3, -0.25) is 9.59 Å². The summed E-state index contributed by atoms with van der Waals surface area (Å²) in [7, 11) is 1.44. The molecule has 0 aliphatic rings. The van der Waals surface area contributed by atoms with E-state index in [9.17, 15) is 9.59 Å². The second-order valence-electron chi connectivity index (χ2n) is 5.37. The summed E-state index contributed by atoms with van der Waals surface area (Å²) in [6.07, 6.45) is 4.46. The lowest BCUT2D eigenvalue weighted by atomic mass is 10.2. The molecule has 0 bridgehead atoms. The molecule has 1 unspecified atom stereocenters. The van der Waals surface area contributed by atoms with Crippen LogP contribution in [0.15, 0.2) is 47.8 Å². The van der Waals surface area contributed by atoms with Crippen molar-refractivity contribution < 1.29 is 9.53 Å². The van der Waals surface area contributed by atoms with Gasteiger partial charge in [-0.1, -0.05) is 0 Å². The molecule has 3 heterocycles. The number of hydrogen-bond acceptors (Lipinski definition) is 7. The van der Waals surface area contributed by atoms with Crippen molar-refractivity contribution in [2.24, 2.45) is 0 Å². The van der Waals surface area contributed by atoms with E-state index in [2.05, 4.69) is 30.2 Å². The van der Waals surface area contributed by atoms with Crippen LogP contribution in [0.4, 0.5) is 0 Å². The van der Waals surface area contributed by atoms with Gasteiger partial charge in [-0.2, -0.15) is 0 Å². The number of methoxy groups -OCH3 is 1. The average molecular weight is 352 g/mol. The lowest BCUT2D eigenvalue weighted by Gasteiger charge is -2.14. The largest absolute Gasteiger partial charge is 0.480 e. The maximum absolute atomic E-state index is 12.5. The van der Waals surface area contributed by atoms with Gasteiger partial charge in [0.1, 0.15) is 17.7 Å². The molecule has 9 nitrogen and oxygen atoms in total. The Morgan fingerprint density at radius 1 is 1.23 bits per heavy atom. The van der Waals surface area contributed by atoms with Crippen LogP contribution in [0.1, 0.15) is 29.1 Å². The number of carbonyl (C=O) groups excluding carboxylic acids is 1. The van der Waals surface area contributed by atoms with Crippen LogP contribution in [0.2, 0.25) is 0 Å². The lowest BCUT2D eigenvalue weighted by molar-refractivity contribution is 0.0934. The zero-order valence-corrected chi connectivity index (χ0v) is 14.1. The van der Waals surface area contributed by atoms with Gasteiger partial charge in [-0.05, 0) is 25.1 Å². The number of rotatable bonds is 5. The SMILES string of the molecule is COc1ncccc1C(=O)NC(C)c1nc(-c2ccncn2)cc(=O)[nH]1. The van der Waals surface area contributed by atoms with Crippen molar-refractivity contribution in [2.45, 2.75) is 13.0 Å². The van der Waals surface area contributed by atoms with Crippen LogP contribution in [-0.2, 0) is 0 Å². The highest BCUT2D eigenvalue weighted by molar-refractivity contribution is 5.96. The quantitative estimate of drug-likeness (QED) is 0.705. The van der Waals surface area contributed by atoms with E-state index in [0.717, 1.165) is 0 Å². The second-order valence-corrected chi connectivity index (χ2v) is 5.37. The van der Waals surface area contributed by atoms with Crippen LogP contribution in [0.5, 0.6) is 5.88 Å². The minimum Gasteiger partial charge on any atom is -0.480 e. The van der Waals surface area contributed by atoms with E-state index in [1.54, 1.807) is 31.3 Å². The fourth-order valence-corrected chi connectivity index (χ4v) is 2.32. The fourth-order valence-electron chi connectivity index (χ4n) is 2.32. The number of H-pyrrole nitrogens is 1. The van der Waals surface area contributed by atoms with Gasteiger partial charge in [0.15, 0.2) is 0 Å². The second kappa shape index (κ2) is 7.51. The van der Waals surface area contributed by atoms with Crippen molar-refractivity contribution in [3.63, 3.8) is 0 Å². The van der Waals surface area contributed by atoms with E-state index < -0.39 is 11.9 Å². The highest BCUT2D eigenvalue weighted by atomic mass is 16.5. The molecule has 9 heteroatoms. The highest BCUT2D eigenvalue weighted by Crippen LogP contribution is 2.17. The van der Waals surface area contributed by atoms with Gasteiger partial charge >= 0.3 is 0 Å². The van der Waals surface area contributed by atoms with E-state index >= 15 is 0 Å². The van der Waals surface area contributed by atoms with Crippen LogP contribution in [0.25, 0.3) is 11.4 Å². The zero-order chi connectivity index (χ0) is 18.5. The molecule has 3 rings (SSSR count). The molecule has 0 aromatic carbocycles. The van der Waals surface area contributed by atoms with Crippen molar-refractivity contribution in [1.82, 2.24) is 30.2 Å². The summed E-state index contributed by atoms with van der Waals surface area (Å²) in [6.45, 7) is 1.71. The van der Waals surface area contributed by atoms with Gasteiger partial charge in [-0.15, -0.1) is 0 Å². The van der Waals surface area contributed by atoms with Gasteiger partial charge in [0, 0.05) is 18.5 Å². The molecule has 2 N–H and O–H groups in total. The molecule has 1 amide bonds. The van der Waals surface area contributed by atoms with Gasteiger partial charge in [0.05, 0.1) is 24.5 Å². The standard InChI is InChI=1S/C17H16N6O3/c1-10(21-16(25)11-4-3-6-19-17(11)26-2)15-22-13(8-14(24)23-15)12-5-7-18-9-20-12/h3-10H,1-2H3,(H,21,25)(H,22,23,24). The summed E-state index contributed by atoms with van der Waals surface area (Å²) < 4.78 is 5.09. The fraction of sp³-hybridized carbons (Fsp3) is 0.176. The zero-order valence-electron chi connectivity index (χ0n) is 14.1. The van der Waals surface area contributed by atoms with Crippen LogP contribution in [-0.4, -0.2) is 37.9 Å².